The van der Waals surface area contributed by atoms with Gasteiger partial charge in [0, 0.05) is 0 Å². The van der Waals surface area contributed by atoms with Crippen molar-refractivity contribution < 1.29 is 26.7 Å². The Kier molecular flexibility index (Phi) is 3.54. The quantitative estimate of drug-likeness (QED) is 0.724. The molecule has 1 aromatic rings. The van der Waals surface area contributed by atoms with Gasteiger partial charge < -0.3 is 4.74 Å². The van der Waals surface area contributed by atoms with Crippen LogP contribution in [0.15, 0.2) is 18.2 Å². The number of rotatable bonds is 2. The maximum absolute atomic E-state index is 12.5. The molecular weight excluding hydrogens is 278 g/mol. The minimum Gasteiger partial charge on any atom is -0.423 e. The largest absolute Gasteiger partial charge is 0.499 e. The number of alkyl halides is 5. The molecule has 1 nitrogen and oxygen atoms in total. The summed E-state index contributed by atoms with van der Waals surface area (Å²) in [5.74, 6) is -0.909. The molecule has 0 atom stereocenters. The summed E-state index contributed by atoms with van der Waals surface area (Å²) >= 11 is 10.8. The molecule has 1 rings (SSSR count). The molecule has 0 fully saturated rings. The zero-order valence-electron chi connectivity index (χ0n) is 7.29. The molecule has 0 aromatic heterocycles. The monoisotopic (exact) mass is 280 g/mol. The Labute approximate surface area is 96.7 Å². The van der Waals surface area contributed by atoms with E-state index in [2.05, 4.69) is 4.74 Å². The Morgan fingerprint density at radius 1 is 0.938 bits per heavy atom. The predicted octanol–water partition coefficient (Wildman–Crippen LogP) is 4.53. The Morgan fingerprint density at radius 2 is 1.38 bits per heavy atom. The average molecular weight is 281 g/mol. The van der Waals surface area contributed by atoms with Crippen LogP contribution >= 0.6 is 23.2 Å². The molecule has 0 radical (unpaired) electrons. The lowest BCUT2D eigenvalue weighted by atomic mass is 10.3. The second kappa shape index (κ2) is 4.25. The summed E-state index contributed by atoms with van der Waals surface area (Å²) < 4.78 is 64.0. The third kappa shape index (κ3) is 2.68. The lowest BCUT2D eigenvalue weighted by Crippen LogP contribution is -2.42. The van der Waals surface area contributed by atoms with E-state index in [1.807, 2.05) is 0 Å². The van der Waals surface area contributed by atoms with Gasteiger partial charge in [-0.2, -0.15) is 22.0 Å². The van der Waals surface area contributed by atoms with Gasteiger partial charge in [-0.25, -0.2) is 0 Å². The summed E-state index contributed by atoms with van der Waals surface area (Å²) in [5.41, 5.74) is 0. The van der Waals surface area contributed by atoms with Crippen LogP contribution in [0.5, 0.6) is 5.75 Å². The first kappa shape index (κ1) is 13.3. The molecule has 0 saturated heterocycles. The maximum Gasteiger partial charge on any atom is 0.499 e. The SMILES string of the molecule is FC(F)(F)C(F)(F)Oc1c(Cl)cccc1Cl. The van der Waals surface area contributed by atoms with Crippen LogP contribution in [-0.2, 0) is 0 Å². The fourth-order valence-corrected chi connectivity index (χ4v) is 1.24. The van der Waals surface area contributed by atoms with Gasteiger partial charge in [-0.1, -0.05) is 29.3 Å². The fourth-order valence-electron chi connectivity index (χ4n) is 0.766. The zero-order chi connectivity index (χ0) is 12.6. The van der Waals surface area contributed by atoms with E-state index in [0.717, 1.165) is 12.1 Å². The van der Waals surface area contributed by atoms with Crippen molar-refractivity contribution in [2.75, 3.05) is 0 Å². The van der Waals surface area contributed by atoms with Crippen molar-refractivity contribution in [3.63, 3.8) is 0 Å². The minimum absolute atomic E-state index is 0.434. The van der Waals surface area contributed by atoms with E-state index in [-0.39, 0.29) is 0 Å². The summed E-state index contributed by atoms with van der Waals surface area (Å²) in [6.45, 7) is 0. The van der Waals surface area contributed by atoms with Crippen molar-refractivity contribution in [3.8, 4) is 5.75 Å². The number of benzene rings is 1. The lowest BCUT2D eigenvalue weighted by Gasteiger charge is -2.21. The van der Waals surface area contributed by atoms with Gasteiger partial charge in [0.2, 0.25) is 0 Å². The first-order chi connectivity index (χ1) is 7.15. The average Bonchev–Trinajstić information content (AvgIpc) is 2.10. The number of ether oxygens (including phenoxy) is 1. The molecule has 0 aliphatic carbocycles. The van der Waals surface area contributed by atoms with Gasteiger partial charge in [0.25, 0.3) is 0 Å². The van der Waals surface area contributed by atoms with Gasteiger partial charge in [0.15, 0.2) is 5.75 Å². The lowest BCUT2D eigenvalue weighted by molar-refractivity contribution is -0.360. The summed E-state index contributed by atoms with van der Waals surface area (Å²) in [4.78, 5) is 0. The topological polar surface area (TPSA) is 9.23 Å². The van der Waals surface area contributed by atoms with Gasteiger partial charge in [-0.15, -0.1) is 0 Å². The number of halogens is 7. The van der Waals surface area contributed by atoms with Gasteiger partial charge in [0.1, 0.15) is 0 Å². The third-order valence-electron chi connectivity index (χ3n) is 1.48. The molecule has 0 bridgehead atoms. The van der Waals surface area contributed by atoms with Crippen molar-refractivity contribution in [2.45, 2.75) is 12.3 Å². The van der Waals surface area contributed by atoms with E-state index in [0.29, 0.717) is 0 Å². The van der Waals surface area contributed by atoms with Crippen LogP contribution in [0.4, 0.5) is 22.0 Å². The summed E-state index contributed by atoms with van der Waals surface area (Å²) in [5, 5.41) is -0.868. The first-order valence-corrected chi connectivity index (χ1v) is 4.48. The highest BCUT2D eigenvalue weighted by Crippen LogP contribution is 2.42. The standard InChI is InChI=1S/C8H3Cl2F5O/c9-4-2-1-3-5(10)6(4)16-8(14,15)7(11,12)13/h1-3H. The number of para-hydroxylation sites is 1. The van der Waals surface area contributed by atoms with Crippen LogP contribution in [0, 0.1) is 0 Å². The van der Waals surface area contributed by atoms with Crippen LogP contribution in [-0.4, -0.2) is 12.3 Å². The molecule has 0 spiro atoms. The molecular formula is C8H3Cl2F5O. The molecule has 90 valence electrons. The second-order valence-electron chi connectivity index (χ2n) is 2.67. The molecule has 0 N–H and O–H groups in total. The van der Waals surface area contributed by atoms with Crippen molar-refractivity contribution in [1.82, 2.24) is 0 Å². The van der Waals surface area contributed by atoms with Crippen LogP contribution < -0.4 is 4.74 Å². The van der Waals surface area contributed by atoms with Crippen molar-refractivity contribution in [2.24, 2.45) is 0 Å². The molecule has 0 amide bonds. The van der Waals surface area contributed by atoms with E-state index >= 15 is 0 Å². The molecule has 16 heavy (non-hydrogen) atoms. The molecule has 0 aliphatic rings. The molecule has 0 unspecified atom stereocenters. The van der Waals surface area contributed by atoms with E-state index in [1.54, 1.807) is 0 Å². The highest BCUT2D eigenvalue weighted by atomic mass is 35.5. The molecule has 8 heteroatoms. The van der Waals surface area contributed by atoms with Gasteiger partial charge >= 0.3 is 12.3 Å². The summed E-state index contributed by atoms with van der Waals surface area (Å²) in [6, 6.07) is 3.44. The van der Waals surface area contributed by atoms with Crippen molar-refractivity contribution in [3.05, 3.63) is 28.2 Å². The first-order valence-electron chi connectivity index (χ1n) is 3.73. The van der Waals surface area contributed by atoms with Crippen LogP contribution in [0.25, 0.3) is 0 Å². The Hall–Kier alpha value is -0.750. The molecule has 0 aliphatic heterocycles. The Bertz CT molecular complexity index is 370. The normalized spacial score (nSPS) is 12.7. The van der Waals surface area contributed by atoms with Crippen molar-refractivity contribution in [1.29, 1.82) is 0 Å². The van der Waals surface area contributed by atoms with Crippen LogP contribution in [0.2, 0.25) is 10.0 Å². The van der Waals surface area contributed by atoms with E-state index in [4.69, 9.17) is 23.2 Å². The Morgan fingerprint density at radius 3 is 1.75 bits per heavy atom. The minimum atomic E-state index is -5.84. The fraction of sp³-hybridized carbons (Fsp3) is 0.250. The highest BCUT2D eigenvalue weighted by Gasteiger charge is 2.61. The van der Waals surface area contributed by atoms with Crippen molar-refractivity contribution >= 4 is 23.2 Å². The summed E-state index contributed by atoms with van der Waals surface area (Å²) in [6.07, 6.45) is -11.2. The number of hydrogen-bond acceptors (Lipinski definition) is 1. The van der Waals surface area contributed by atoms with E-state index in [9.17, 15) is 22.0 Å². The van der Waals surface area contributed by atoms with Crippen LogP contribution in [0.3, 0.4) is 0 Å². The van der Waals surface area contributed by atoms with Gasteiger partial charge in [0.05, 0.1) is 10.0 Å². The molecule has 0 saturated carbocycles. The van der Waals surface area contributed by atoms with E-state index in [1.165, 1.54) is 6.07 Å². The highest BCUT2D eigenvalue weighted by molar-refractivity contribution is 6.37. The molecule has 1 aromatic carbocycles. The second-order valence-corrected chi connectivity index (χ2v) is 3.48. The third-order valence-corrected chi connectivity index (χ3v) is 2.07. The zero-order valence-corrected chi connectivity index (χ0v) is 8.80. The number of hydrogen-bond donors (Lipinski definition) is 0. The smallest absolute Gasteiger partial charge is 0.423 e. The predicted molar refractivity (Wildman–Crippen MR) is 48.1 cm³/mol. The summed E-state index contributed by atoms with van der Waals surface area (Å²) in [7, 11) is 0. The van der Waals surface area contributed by atoms with E-state index < -0.39 is 28.1 Å². The van der Waals surface area contributed by atoms with Gasteiger partial charge in [-0.3, -0.25) is 0 Å². The van der Waals surface area contributed by atoms with Gasteiger partial charge in [-0.05, 0) is 12.1 Å². The molecule has 0 heterocycles. The van der Waals surface area contributed by atoms with Crippen LogP contribution in [0.1, 0.15) is 0 Å². The Balaban J connectivity index is 3.06. The maximum atomic E-state index is 12.5.